The van der Waals surface area contributed by atoms with Gasteiger partial charge in [0.15, 0.2) is 5.96 Å². The van der Waals surface area contributed by atoms with Gasteiger partial charge in [-0.05, 0) is 26.7 Å². The van der Waals surface area contributed by atoms with Crippen molar-refractivity contribution in [3.63, 3.8) is 0 Å². The molecule has 1 heterocycles. The van der Waals surface area contributed by atoms with Crippen molar-refractivity contribution in [3.8, 4) is 0 Å². The van der Waals surface area contributed by atoms with E-state index in [-0.39, 0.29) is 11.5 Å². The van der Waals surface area contributed by atoms with E-state index in [1.165, 1.54) is 6.42 Å². The molecule has 1 aliphatic carbocycles. The van der Waals surface area contributed by atoms with Crippen molar-refractivity contribution in [2.24, 2.45) is 10.4 Å². The van der Waals surface area contributed by atoms with Crippen molar-refractivity contribution in [1.82, 2.24) is 15.2 Å². The van der Waals surface area contributed by atoms with Gasteiger partial charge in [0, 0.05) is 24.4 Å². The molecule has 2 N–H and O–H groups in total. The van der Waals surface area contributed by atoms with Crippen LogP contribution in [0.4, 0.5) is 0 Å². The highest BCUT2D eigenvalue weighted by atomic mass is 32.1. The maximum atomic E-state index is 10.3. The van der Waals surface area contributed by atoms with Crippen LogP contribution < -0.4 is 5.32 Å². The van der Waals surface area contributed by atoms with Crippen molar-refractivity contribution in [2.75, 3.05) is 20.1 Å². The Morgan fingerprint density at radius 3 is 2.96 bits per heavy atom. The number of aliphatic hydroxyl groups is 1. The average molecular weight is 339 g/mol. The molecule has 1 aromatic rings. The minimum atomic E-state index is -0.241. The maximum Gasteiger partial charge on any atom is 0.194 e. The van der Waals surface area contributed by atoms with Gasteiger partial charge in [-0.25, -0.2) is 4.98 Å². The van der Waals surface area contributed by atoms with E-state index in [9.17, 15) is 5.11 Å². The molecule has 5 nitrogen and oxygen atoms in total. The zero-order chi connectivity index (χ0) is 16.9. The predicted octanol–water partition coefficient (Wildman–Crippen LogP) is 2.79. The van der Waals surface area contributed by atoms with E-state index in [4.69, 9.17) is 4.99 Å². The Bertz CT molecular complexity index is 530. The molecule has 1 fully saturated rings. The number of nitrogens with zero attached hydrogens (tertiary/aromatic N) is 3. The number of rotatable bonds is 5. The van der Waals surface area contributed by atoms with Crippen molar-refractivity contribution in [2.45, 2.75) is 59.1 Å². The molecule has 6 heteroatoms. The Kier molecular flexibility index (Phi) is 6.41. The lowest BCUT2D eigenvalue weighted by atomic mass is 9.73. The highest BCUT2D eigenvalue weighted by Gasteiger charge is 2.35. The molecule has 2 rings (SSSR count). The number of nitrogens with one attached hydrogen (secondary N) is 1. The molecule has 2 atom stereocenters. The number of hydrogen-bond donors (Lipinski definition) is 2. The lowest BCUT2D eigenvalue weighted by molar-refractivity contribution is 0.00705. The van der Waals surface area contributed by atoms with E-state index in [1.54, 1.807) is 11.3 Å². The lowest BCUT2D eigenvalue weighted by Gasteiger charge is -2.37. The Morgan fingerprint density at radius 1 is 1.57 bits per heavy atom. The first-order chi connectivity index (χ1) is 10.9. The van der Waals surface area contributed by atoms with Crippen LogP contribution in [-0.2, 0) is 6.54 Å². The summed E-state index contributed by atoms with van der Waals surface area (Å²) in [6.45, 7) is 8.50. The van der Waals surface area contributed by atoms with Gasteiger partial charge in [0.1, 0.15) is 0 Å². The van der Waals surface area contributed by atoms with Gasteiger partial charge in [-0.15, -0.1) is 11.3 Å². The summed E-state index contributed by atoms with van der Waals surface area (Å²) in [5.74, 6) is 0.886. The Hall–Kier alpha value is -1.14. The molecular weight excluding hydrogens is 308 g/mol. The third-order valence-corrected chi connectivity index (χ3v) is 5.45. The molecule has 1 aliphatic rings. The predicted molar refractivity (Wildman–Crippen MR) is 96.9 cm³/mol. The van der Waals surface area contributed by atoms with Gasteiger partial charge >= 0.3 is 0 Å². The highest BCUT2D eigenvalue weighted by Crippen LogP contribution is 2.36. The smallest absolute Gasteiger partial charge is 0.194 e. The topological polar surface area (TPSA) is 60.8 Å². The summed E-state index contributed by atoms with van der Waals surface area (Å²) < 4.78 is 0. The molecule has 0 aliphatic heterocycles. The third kappa shape index (κ3) is 4.91. The first-order valence-electron chi connectivity index (χ1n) is 8.53. The summed E-state index contributed by atoms with van der Waals surface area (Å²) in [7, 11) is 2.04. The molecule has 1 aromatic heterocycles. The molecule has 0 radical (unpaired) electrons. The van der Waals surface area contributed by atoms with Gasteiger partial charge in [-0.1, -0.05) is 19.8 Å². The van der Waals surface area contributed by atoms with Gasteiger partial charge in [0.25, 0.3) is 0 Å². The zero-order valence-corrected chi connectivity index (χ0v) is 15.6. The lowest BCUT2D eigenvalue weighted by Crippen LogP contribution is -2.42. The van der Waals surface area contributed by atoms with E-state index in [0.717, 1.165) is 49.0 Å². The molecule has 0 bridgehead atoms. The summed E-state index contributed by atoms with van der Waals surface area (Å²) in [5.41, 5.74) is 0.973. The molecule has 130 valence electrons. The van der Waals surface area contributed by atoms with E-state index < -0.39 is 0 Å². The third-order valence-electron chi connectivity index (χ3n) is 4.63. The number of aryl methyl sites for hydroxylation is 1. The summed E-state index contributed by atoms with van der Waals surface area (Å²) >= 11 is 1.68. The van der Waals surface area contributed by atoms with Crippen LogP contribution in [0.5, 0.6) is 0 Å². The highest BCUT2D eigenvalue weighted by molar-refractivity contribution is 7.09. The normalized spacial score (nSPS) is 25.4. The molecular formula is C17H30N4OS. The van der Waals surface area contributed by atoms with Crippen molar-refractivity contribution < 1.29 is 5.11 Å². The first-order valence-corrected chi connectivity index (χ1v) is 9.41. The van der Waals surface area contributed by atoms with Crippen LogP contribution in [0.2, 0.25) is 0 Å². The van der Waals surface area contributed by atoms with E-state index in [2.05, 4.69) is 34.4 Å². The van der Waals surface area contributed by atoms with Crippen molar-refractivity contribution in [3.05, 3.63) is 16.1 Å². The van der Waals surface area contributed by atoms with Crippen LogP contribution in [0.15, 0.2) is 10.4 Å². The summed E-state index contributed by atoms with van der Waals surface area (Å²) in [6, 6.07) is 0. The molecule has 0 aromatic carbocycles. The Balaban J connectivity index is 2.03. The van der Waals surface area contributed by atoms with Crippen LogP contribution in [0.25, 0.3) is 0 Å². The summed E-state index contributed by atoms with van der Waals surface area (Å²) in [4.78, 5) is 11.4. The van der Waals surface area contributed by atoms with Gasteiger partial charge in [-0.3, -0.25) is 4.99 Å². The number of aliphatic imine (C=N–C) groups is 1. The van der Waals surface area contributed by atoms with E-state index >= 15 is 0 Å². The van der Waals surface area contributed by atoms with Crippen LogP contribution >= 0.6 is 11.3 Å². The largest absolute Gasteiger partial charge is 0.392 e. The van der Waals surface area contributed by atoms with E-state index in [0.29, 0.717) is 6.54 Å². The van der Waals surface area contributed by atoms with Gasteiger partial charge < -0.3 is 15.3 Å². The first kappa shape index (κ1) is 18.2. The van der Waals surface area contributed by atoms with Crippen LogP contribution in [0.1, 0.15) is 50.2 Å². The number of aliphatic hydroxyl groups excluding tert-OH is 1. The fourth-order valence-corrected chi connectivity index (χ4v) is 3.69. The fourth-order valence-electron chi connectivity index (χ4n) is 3.09. The standard InChI is InChI=1S/C17H30N4OS/c1-5-18-16(21(4)10-14-11-23-13(2)20-14)19-12-17(3)9-7-6-8-15(17)22/h11,15,22H,5-10,12H2,1-4H3,(H,18,19). The Morgan fingerprint density at radius 2 is 2.35 bits per heavy atom. The maximum absolute atomic E-state index is 10.3. The SMILES string of the molecule is CCNC(=NCC1(C)CCCCC1O)N(C)Cc1csc(C)n1. The fraction of sp³-hybridized carbons (Fsp3) is 0.765. The quantitative estimate of drug-likeness (QED) is 0.640. The minimum absolute atomic E-state index is 0.100. The summed E-state index contributed by atoms with van der Waals surface area (Å²) in [6.07, 6.45) is 4.02. The molecule has 0 saturated heterocycles. The second-order valence-corrected chi connectivity index (χ2v) is 7.86. The van der Waals surface area contributed by atoms with Gasteiger partial charge in [-0.2, -0.15) is 0 Å². The molecule has 23 heavy (non-hydrogen) atoms. The van der Waals surface area contributed by atoms with Crippen molar-refractivity contribution >= 4 is 17.3 Å². The Labute approximate surface area is 143 Å². The summed E-state index contributed by atoms with van der Waals surface area (Å²) in [5, 5.41) is 16.9. The van der Waals surface area contributed by atoms with Crippen LogP contribution in [-0.4, -0.2) is 47.2 Å². The average Bonchev–Trinajstić information content (AvgIpc) is 2.92. The van der Waals surface area contributed by atoms with Crippen LogP contribution in [0, 0.1) is 12.3 Å². The number of guanidine groups is 1. The van der Waals surface area contributed by atoms with E-state index in [1.807, 2.05) is 14.0 Å². The molecule has 0 spiro atoms. The molecule has 1 saturated carbocycles. The van der Waals surface area contributed by atoms with Crippen molar-refractivity contribution in [1.29, 1.82) is 0 Å². The van der Waals surface area contributed by atoms with Gasteiger partial charge in [0.05, 0.1) is 29.9 Å². The monoisotopic (exact) mass is 338 g/mol. The number of thiazole rings is 1. The number of aromatic nitrogens is 1. The number of hydrogen-bond acceptors (Lipinski definition) is 4. The second kappa shape index (κ2) is 8.11. The molecule has 2 unspecified atom stereocenters. The minimum Gasteiger partial charge on any atom is -0.392 e. The zero-order valence-electron chi connectivity index (χ0n) is 14.8. The molecule has 0 amide bonds. The van der Waals surface area contributed by atoms with Gasteiger partial charge in [0.2, 0.25) is 0 Å². The second-order valence-electron chi connectivity index (χ2n) is 6.80. The van der Waals surface area contributed by atoms with Crippen LogP contribution in [0.3, 0.4) is 0 Å².